The summed E-state index contributed by atoms with van der Waals surface area (Å²) in [5.74, 6) is 0.0575. The van der Waals surface area contributed by atoms with E-state index in [4.69, 9.17) is 0 Å². The smallest absolute Gasteiger partial charge is 0.186 e. The molecule has 0 saturated heterocycles. The van der Waals surface area contributed by atoms with Gasteiger partial charge in [0.25, 0.3) is 0 Å². The van der Waals surface area contributed by atoms with E-state index < -0.39 is 0 Å². The lowest BCUT2D eigenvalue weighted by atomic mass is 10.0. The average molecular weight is 264 g/mol. The van der Waals surface area contributed by atoms with E-state index in [2.05, 4.69) is 19.1 Å². The van der Waals surface area contributed by atoms with Gasteiger partial charge in [0.2, 0.25) is 0 Å². The molecule has 0 bridgehead atoms. The maximum Gasteiger partial charge on any atom is 0.186 e. The first-order valence-electron chi connectivity index (χ1n) is 6.98. The molecule has 1 nitrogen and oxygen atoms in total. The summed E-state index contributed by atoms with van der Waals surface area (Å²) in [4.78, 5) is 12.2. The molecule has 102 valence electrons. The molecule has 0 fully saturated rings. The molecule has 0 N–H and O–H groups in total. The molecular weight excluding hydrogens is 244 g/mol. The Balaban J connectivity index is 2.15. The third kappa shape index (κ3) is 3.45. The van der Waals surface area contributed by atoms with E-state index in [1.165, 1.54) is 11.1 Å². The lowest BCUT2D eigenvalue weighted by Gasteiger charge is -2.03. The highest BCUT2D eigenvalue weighted by atomic mass is 16.1. The first-order valence-corrected chi connectivity index (χ1v) is 6.98. The predicted molar refractivity (Wildman–Crippen MR) is 85.1 cm³/mol. The number of hydrogen-bond acceptors (Lipinski definition) is 1. The Morgan fingerprint density at radius 1 is 1.05 bits per heavy atom. The van der Waals surface area contributed by atoms with Crippen LogP contribution in [-0.2, 0) is 6.42 Å². The monoisotopic (exact) mass is 264 g/mol. The quantitative estimate of drug-likeness (QED) is 0.574. The molecule has 0 atom stereocenters. The molecule has 2 aromatic carbocycles. The van der Waals surface area contributed by atoms with Crippen LogP contribution in [0.2, 0.25) is 0 Å². The van der Waals surface area contributed by atoms with E-state index in [-0.39, 0.29) is 5.78 Å². The van der Waals surface area contributed by atoms with Crippen molar-refractivity contribution in [3.63, 3.8) is 0 Å². The van der Waals surface area contributed by atoms with E-state index in [1.807, 2.05) is 50.3 Å². The zero-order chi connectivity index (χ0) is 14.5. The van der Waals surface area contributed by atoms with Gasteiger partial charge in [0, 0.05) is 5.56 Å². The van der Waals surface area contributed by atoms with Crippen LogP contribution in [0, 0.1) is 13.8 Å². The summed E-state index contributed by atoms with van der Waals surface area (Å²) in [6, 6.07) is 14.2. The summed E-state index contributed by atoms with van der Waals surface area (Å²) >= 11 is 0. The van der Waals surface area contributed by atoms with Gasteiger partial charge in [-0.25, -0.2) is 0 Å². The fraction of sp³-hybridized carbons (Fsp3) is 0.211. The van der Waals surface area contributed by atoms with Crippen molar-refractivity contribution in [1.29, 1.82) is 0 Å². The van der Waals surface area contributed by atoms with E-state index >= 15 is 0 Å². The summed E-state index contributed by atoms with van der Waals surface area (Å²) in [6.07, 6.45) is 4.56. The molecule has 0 aliphatic carbocycles. The molecule has 1 heteroatoms. The van der Waals surface area contributed by atoms with Crippen LogP contribution in [0.5, 0.6) is 0 Å². The zero-order valence-electron chi connectivity index (χ0n) is 12.3. The molecule has 0 radical (unpaired) electrons. The van der Waals surface area contributed by atoms with Crippen molar-refractivity contribution in [1.82, 2.24) is 0 Å². The van der Waals surface area contributed by atoms with Gasteiger partial charge in [-0.05, 0) is 43.0 Å². The molecule has 0 amide bonds. The van der Waals surface area contributed by atoms with Crippen molar-refractivity contribution in [3.05, 3.63) is 76.4 Å². The number of carbonyl (C=O) groups excluding carboxylic acids is 1. The van der Waals surface area contributed by atoms with Crippen LogP contribution < -0.4 is 0 Å². The number of allylic oxidation sites excluding steroid dienone is 1. The summed E-state index contributed by atoms with van der Waals surface area (Å²) < 4.78 is 0. The third-order valence-corrected chi connectivity index (χ3v) is 3.46. The van der Waals surface area contributed by atoms with Gasteiger partial charge in [0.05, 0.1) is 0 Å². The van der Waals surface area contributed by atoms with E-state index in [9.17, 15) is 4.79 Å². The van der Waals surface area contributed by atoms with Crippen LogP contribution >= 0.6 is 0 Å². The fourth-order valence-electron chi connectivity index (χ4n) is 2.22. The summed E-state index contributed by atoms with van der Waals surface area (Å²) in [5.41, 5.74) is 5.35. The van der Waals surface area contributed by atoms with E-state index in [0.717, 1.165) is 23.1 Å². The average Bonchev–Trinajstić information content (AvgIpc) is 2.45. The minimum Gasteiger partial charge on any atom is -0.289 e. The Labute approximate surface area is 121 Å². The molecule has 2 rings (SSSR count). The molecule has 0 spiro atoms. The van der Waals surface area contributed by atoms with Gasteiger partial charge in [-0.1, -0.05) is 61.0 Å². The van der Waals surface area contributed by atoms with Crippen LogP contribution in [0.25, 0.3) is 6.08 Å². The number of ketones is 1. The Morgan fingerprint density at radius 2 is 1.75 bits per heavy atom. The summed E-state index contributed by atoms with van der Waals surface area (Å²) in [7, 11) is 0. The van der Waals surface area contributed by atoms with Gasteiger partial charge in [-0.15, -0.1) is 0 Å². The lowest BCUT2D eigenvalue weighted by molar-refractivity contribution is 0.104. The Bertz CT molecular complexity index is 633. The highest BCUT2D eigenvalue weighted by Gasteiger charge is 2.05. The maximum atomic E-state index is 12.2. The van der Waals surface area contributed by atoms with Gasteiger partial charge in [0.1, 0.15) is 0 Å². The topological polar surface area (TPSA) is 17.1 Å². The zero-order valence-corrected chi connectivity index (χ0v) is 12.3. The molecule has 0 heterocycles. The maximum absolute atomic E-state index is 12.2. The molecule has 0 unspecified atom stereocenters. The van der Waals surface area contributed by atoms with Crippen molar-refractivity contribution in [3.8, 4) is 0 Å². The second-order valence-electron chi connectivity index (χ2n) is 5.11. The molecular formula is C19H20O. The minimum absolute atomic E-state index is 0.0575. The SMILES string of the molecule is CCc1ccc(/C=C/C(=O)c2ccc(C)cc2C)cc1. The van der Waals surface area contributed by atoms with Gasteiger partial charge >= 0.3 is 0 Å². The molecule has 0 aliphatic rings. The number of hydrogen-bond donors (Lipinski definition) is 0. The molecule has 0 saturated carbocycles. The lowest BCUT2D eigenvalue weighted by Crippen LogP contribution is -1.98. The second kappa shape index (κ2) is 6.33. The number of rotatable bonds is 4. The van der Waals surface area contributed by atoms with Gasteiger partial charge in [0.15, 0.2) is 5.78 Å². The largest absolute Gasteiger partial charge is 0.289 e. The Morgan fingerprint density at radius 3 is 2.35 bits per heavy atom. The second-order valence-corrected chi connectivity index (χ2v) is 5.11. The molecule has 20 heavy (non-hydrogen) atoms. The fourth-order valence-corrected chi connectivity index (χ4v) is 2.22. The van der Waals surface area contributed by atoms with Crippen LogP contribution in [0.15, 0.2) is 48.5 Å². The molecule has 0 aliphatic heterocycles. The van der Waals surface area contributed by atoms with Crippen molar-refractivity contribution in [2.45, 2.75) is 27.2 Å². The first-order chi connectivity index (χ1) is 9.60. The number of benzene rings is 2. The van der Waals surface area contributed by atoms with Crippen molar-refractivity contribution in [2.24, 2.45) is 0 Å². The number of aryl methyl sites for hydroxylation is 3. The van der Waals surface area contributed by atoms with Gasteiger partial charge in [-0.2, -0.15) is 0 Å². The number of carbonyl (C=O) groups is 1. The van der Waals surface area contributed by atoms with Crippen LogP contribution in [0.3, 0.4) is 0 Å². The standard InChI is InChI=1S/C19H20O/c1-4-16-6-8-17(9-7-16)10-12-19(20)18-11-5-14(2)13-15(18)3/h5-13H,4H2,1-3H3/b12-10+. The first kappa shape index (κ1) is 14.3. The normalized spacial score (nSPS) is 10.9. The molecule has 0 aromatic heterocycles. The summed E-state index contributed by atoms with van der Waals surface area (Å²) in [6.45, 7) is 6.14. The van der Waals surface area contributed by atoms with Crippen LogP contribution in [0.1, 0.15) is 39.5 Å². The van der Waals surface area contributed by atoms with Gasteiger partial charge < -0.3 is 0 Å². The minimum atomic E-state index is 0.0575. The van der Waals surface area contributed by atoms with Crippen molar-refractivity contribution >= 4 is 11.9 Å². The van der Waals surface area contributed by atoms with Crippen LogP contribution in [0.4, 0.5) is 0 Å². The van der Waals surface area contributed by atoms with E-state index in [0.29, 0.717) is 0 Å². The molecule has 2 aromatic rings. The van der Waals surface area contributed by atoms with Crippen molar-refractivity contribution in [2.75, 3.05) is 0 Å². The Hall–Kier alpha value is -2.15. The highest BCUT2D eigenvalue weighted by Crippen LogP contribution is 2.13. The van der Waals surface area contributed by atoms with Crippen molar-refractivity contribution < 1.29 is 4.79 Å². The highest BCUT2D eigenvalue weighted by molar-refractivity contribution is 6.07. The van der Waals surface area contributed by atoms with E-state index in [1.54, 1.807) is 6.08 Å². The summed E-state index contributed by atoms with van der Waals surface area (Å²) in [5, 5.41) is 0. The Kier molecular flexibility index (Phi) is 4.52. The van der Waals surface area contributed by atoms with Crippen LogP contribution in [-0.4, -0.2) is 5.78 Å². The predicted octanol–water partition coefficient (Wildman–Crippen LogP) is 4.76. The third-order valence-electron chi connectivity index (χ3n) is 3.46. The van der Waals surface area contributed by atoms with Gasteiger partial charge in [-0.3, -0.25) is 4.79 Å².